The summed E-state index contributed by atoms with van der Waals surface area (Å²) in [5.41, 5.74) is 0.594. The monoisotopic (exact) mass is 153 g/mol. The molecule has 2 heteroatoms. The zero-order chi connectivity index (χ0) is 8.27. The second-order valence-corrected chi connectivity index (χ2v) is 3.00. The first-order valence-electron chi connectivity index (χ1n) is 4.08. The quantitative estimate of drug-likeness (QED) is 0.618. The highest BCUT2D eigenvalue weighted by atomic mass is 16.5. The van der Waals surface area contributed by atoms with E-state index in [1.807, 2.05) is 6.92 Å². The first-order chi connectivity index (χ1) is 5.25. The van der Waals surface area contributed by atoms with E-state index in [4.69, 9.17) is 10.1 Å². The van der Waals surface area contributed by atoms with Gasteiger partial charge in [-0.1, -0.05) is 13.5 Å². The highest BCUT2D eigenvalue weighted by Gasteiger charge is 2.23. The van der Waals surface area contributed by atoms with Gasteiger partial charge in [-0.25, -0.2) is 0 Å². The van der Waals surface area contributed by atoms with Gasteiger partial charge < -0.3 is 10.1 Å². The summed E-state index contributed by atoms with van der Waals surface area (Å²) in [6, 6.07) is 0. The van der Waals surface area contributed by atoms with Crippen LogP contribution in [-0.4, -0.2) is 18.4 Å². The van der Waals surface area contributed by atoms with Crippen LogP contribution in [0.5, 0.6) is 0 Å². The maximum absolute atomic E-state index is 7.51. The normalized spacial score (nSPS) is 26.5. The van der Waals surface area contributed by atoms with E-state index in [1.165, 1.54) is 0 Å². The van der Waals surface area contributed by atoms with Crippen LogP contribution in [0, 0.1) is 11.3 Å². The average Bonchev–Trinajstić information content (AvgIpc) is 2.53. The Kier molecular flexibility index (Phi) is 2.83. The molecular formula is C9H15NO. The molecule has 0 saturated carbocycles. The molecule has 2 nitrogen and oxygen atoms in total. The summed E-state index contributed by atoms with van der Waals surface area (Å²) in [7, 11) is 0. The van der Waals surface area contributed by atoms with Crippen molar-refractivity contribution in [3.8, 4) is 0 Å². The van der Waals surface area contributed by atoms with Crippen LogP contribution in [0.2, 0.25) is 0 Å². The molecule has 0 aromatic heterocycles. The SMILES string of the molecule is C=CC(=N)C(C)C1CCCO1. The molecule has 1 heterocycles. The van der Waals surface area contributed by atoms with Crippen molar-refractivity contribution >= 4 is 5.71 Å². The average molecular weight is 153 g/mol. The number of rotatable bonds is 3. The number of hydrogen-bond donors (Lipinski definition) is 1. The fourth-order valence-electron chi connectivity index (χ4n) is 1.38. The predicted molar refractivity (Wildman–Crippen MR) is 46.1 cm³/mol. The molecule has 1 rings (SSSR count). The first kappa shape index (κ1) is 8.47. The topological polar surface area (TPSA) is 33.1 Å². The fraction of sp³-hybridized carbons (Fsp3) is 0.667. The van der Waals surface area contributed by atoms with E-state index < -0.39 is 0 Å². The van der Waals surface area contributed by atoms with Crippen molar-refractivity contribution in [1.82, 2.24) is 0 Å². The molecule has 2 atom stereocenters. The predicted octanol–water partition coefficient (Wildman–Crippen LogP) is 2.01. The molecule has 0 spiro atoms. The molecule has 0 amide bonds. The van der Waals surface area contributed by atoms with Gasteiger partial charge in [0.25, 0.3) is 0 Å². The van der Waals surface area contributed by atoms with E-state index in [-0.39, 0.29) is 12.0 Å². The highest BCUT2D eigenvalue weighted by Crippen LogP contribution is 2.20. The molecule has 2 unspecified atom stereocenters. The van der Waals surface area contributed by atoms with E-state index in [1.54, 1.807) is 6.08 Å². The number of nitrogens with one attached hydrogen (secondary N) is 1. The number of hydrogen-bond acceptors (Lipinski definition) is 2. The van der Waals surface area contributed by atoms with Crippen molar-refractivity contribution in [3.63, 3.8) is 0 Å². The lowest BCUT2D eigenvalue weighted by Crippen LogP contribution is -2.22. The molecule has 62 valence electrons. The van der Waals surface area contributed by atoms with Crippen LogP contribution < -0.4 is 0 Å². The smallest absolute Gasteiger partial charge is 0.0656 e. The van der Waals surface area contributed by atoms with Gasteiger partial charge in [0.15, 0.2) is 0 Å². The van der Waals surface area contributed by atoms with Crippen molar-refractivity contribution < 1.29 is 4.74 Å². The third-order valence-electron chi connectivity index (χ3n) is 2.23. The van der Waals surface area contributed by atoms with Crippen LogP contribution in [0.3, 0.4) is 0 Å². The van der Waals surface area contributed by atoms with Crippen molar-refractivity contribution in [1.29, 1.82) is 5.41 Å². The lowest BCUT2D eigenvalue weighted by molar-refractivity contribution is 0.0901. The molecule has 1 aliphatic rings. The van der Waals surface area contributed by atoms with Gasteiger partial charge in [-0.2, -0.15) is 0 Å². The summed E-state index contributed by atoms with van der Waals surface area (Å²) in [4.78, 5) is 0. The van der Waals surface area contributed by atoms with Gasteiger partial charge in [0, 0.05) is 18.2 Å². The largest absolute Gasteiger partial charge is 0.378 e. The van der Waals surface area contributed by atoms with Gasteiger partial charge in [-0.15, -0.1) is 0 Å². The maximum Gasteiger partial charge on any atom is 0.0656 e. The molecule has 0 aliphatic carbocycles. The van der Waals surface area contributed by atoms with Crippen molar-refractivity contribution in [3.05, 3.63) is 12.7 Å². The molecule has 11 heavy (non-hydrogen) atoms. The summed E-state index contributed by atoms with van der Waals surface area (Å²) >= 11 is 0. The summed E-state index contributed by atoms with van der Waals surface area (Å²) < 4.78 is 5.45. The van der Waals surface area contributed by atoms with Gasteiger partial charge >= 0.3 is 0 Å². The van der Waals surface area contributed by atoms with Crippen LogP contribution in [0.25, 0.3) is 0 Å². The van der Waals surface area contributed by atoms with Crippen molar-refractivity contribution in [2.45, 2.75) is 25.9 Å². The molecule has 0 aromatic rings. The Morgan fingerprint density at radius 1 is 1.82 bits per heavy atom. The van der Waals surface area contributed by atoms with Crippen LogP contribution >= 0.6 is 0 Å². The van der Waals surface area contributed by atoms with Crippen LogP contribution in [0.1, 0.15) is 19.8 Å². The van der Waals surface area contributed by atoms with E-state index in [9.17, 15) is 0 Å². The Morgan fingerprint density at radius 2 is 2.55 bits per heavy atom. The standard InChI is InChI=1S/C9H15NO/c1-3-8(10)7(2)9-5-4-6-11-9/h3,7,9-10H,1,4-6H2,2H3. The molecule has 1 fully saturated rings. The van der Waals surface area contributed by atoms with Gasteiger partial charge in [-0.05, 0) is 18.9 Å². The minimum Gasteiger partial charge on any atom is -0.378 e. The fourth-order valence-corrected chi connectivity index (χ4v) is 1.38. The van der Waals surface area contributed by atoms with Gasteiger partial charge in [-0.3, -0.25) is 0 Å². The molecule has 0 radical (unpaired) electrons. The molecule has 1 aliphatic heterocycles. The Labute approximate surface area is 67.8 Å². The van der Waals surface area contributed by atoms with Gasteiger partial charge in [0.05, 0.1) is 6.10 Å². The van der Waals surface area contributed by atoms with E-state index in [0.29, 0.717) is 5.71 Å². The second-order valence-electron chi connectivity index (χ2n) is 3.00. The summed E-state index contributed by atoms with van der Waals surface area (Å²) in [5, 5.41) is 7.51. The Balaban J connectivity index is 2.45. The Bertz CT molecular complexity index is 159. The lowest BCUT2D eigenvalue weighted by Gasteiger charge is -2.16. The van der Waals surface area contributed by atoms with Crippen molar-refractivity contribution in [2.75, 3.05) is 6.61 Å². The zero-order valence-corrected chi connectivity index (χ0v) is 6.97. The van der Waals surface area contributed by atoms with Crippen molar-refractivity contribution in [2.24, 2.45) is 5.92 Å². The van der Waals surface area contributed by atoms with E-state index in [0.717, 1.165) is 19.4 Å². The maximum atomic E-state index is 7.51. The lowest BCUT2D eigenvalue weighted by atomic mass is 9.97. The molecule has 0 aromatic carbocycles. The minimum absolute atomic E-state index is 0.218. The number of allylic oxidation sites excluding steroid dienone is 1. The van der Waals surface area contributed by atoms with E-state index in [2.05, 4.69) is 6.58 Å². The van der Waals surface area contributed by atoms with E-state index >= 15 is 0 Å². The van der Waals surface area contributed by atoms with Crippen LogP contribution in [-0.2, 0) is 4.74 Å². The molecule has 0 bridgehead atoms. The third kappa shape index (κ3) is 1.90. The molecule has 1 saturated heterocycles. The second kappa shape index (κ2) is 3.67. The van der Waals surface area contributed by atoms with Crippen LogP contribution in [0.15, 0.2) is 12.7 Å². The summed E-state index contributed by atoms with van der Waals surface area (Å²) in [5.74, 6) is 0.218. The van der Waals surface area contributed by atoms with Gasteiger partial charge in [0.2, 0.25) is 0 Å². The molecule has 1 N–H and O–H groups in total. The van der Waals surface area contributed by atoms with Crippen LogP contribution in [0.4, 0.5) is 0 Å². The zero-order valence-electron chi connectivity index (χ0n) is 6.97. The minimum atomic E-state index is 0.218. The van der Waals surface area contributed by atoms with Gasteiger partial charge in [0.1, 0.15) is 0 Å². The summed E-state index contributed by atoms with van der Waals surface area (Å²) in [6.45, 7) is 6.46. The number of ether oxygens (including phenoxy) is 1. The third-order valence-corrected chi connectivity index (χ3v) is 2.23. The summed E-state index contributed by atoms with van der Waals surface area (Å²) in [6.07, 6.45) is 4.10. The highest BCUT2D eigenvalue weighted by molar-refractivity contribution is 5.93. The molecular weight excluding hydrogens is 138 g/mol. The first-order valence-corrected chi connectivity index (χ1v) is 4.08. The Morgan fingerprint density at radius 3 is 3.00 bits per heavy atom. The Hall–Kier alpha value is -0.630.